The van der Waals surface area contributed by atoms with E-state index < -0.39 is 0 Å². The molecule has 2 aromatic carbocycles. The number of aromatic nitrogens is 2. The number of nitrogen functional groups attached to an aromatic ring is 1. The summed E-state index contributed by atoms with van der Waals surface area (Å²) >= 11 is 0. The second-order valence-corrected chi connectivity index (χ2v) is 5.85. The molecule has 0 unspecified atom stereocenters. The van der Waals surface area contributed by atoms with Crippen molar-refractivity contribution in [2.45, 2.75) is 20.3 Å². The SMILES string of the molecule is CCCNc1nc(N)nc2ccc(-c3ccc(NC(C)=O)cc3)cc12. The van der Waals surface area contributed by atoms with Gasteiger partial charge in [0.05, 0.1) is 5.52 Å². The fraction of sp³-hybridized carbons (Fsp3) is 0.211. The molecule has 0 aliphatic rings. The first-order chi connectivity index (χ1) is 12.1. The number of nitrogens with two attached hydrogens (primary N) is 1. The first-order valence-electron chi connectivity index (χ1n) is 8.26. The topological polar surface area (TPSA) is 92.9 Å². The van der Waals surface area contributed by atoms with E-state index in [2.05, 4.69) is 33.6 Å². The Labute approximate surface area is 146 Å². The quantitative estimate of drug-likeness (QED) is 0.661. The summed E-state index contributed by atoms with van der Waals surface area (Å²) in [5, 5.41) is 7.01. The van der Waals surface area contributed by atoms with Crippen LogP contribution < -0.4 is 16.4 Å². The van der Waals surface area contributed by atoms with Crippen LogP contribution in [0.3, 0.4) is 0 Å². The molecule has 6 heteroatoms. The summed E-state index contributed by atoms with van der Waals surface area (Å²) in [6.07, 6.45) is 0.996. The van der Waals surface area contributed by atoms with Crippen LogP contribution in [0.2, 0.25) is 0 Å². The minimum absolute atomic E-state index is 0.0835. The van der Waals surface area contributed by atoms with Crippen molar-refractivity contribution in [3.05, 3.63) is 42.5 Å². The van der Waals surface area contributed by atoms with Gasteiger partial charge in [-0.05, 0) is 41.8 Å². The molecule has 0 spiro atoms. The fourth-order valence-electron chi connectivity index (χ4n) is 2.65. The third-order valence-electron chi connectivity index (χ3n) is 3.79. The molecule has 1 aromatic heterocycles. The molecular weight excluding hydrogens is 314 g/mol. The number of rotatable bonds is 5. The molecule has 6 nitrogen and oxygen atoms in total. The van der Waals surface area contributed by atoms with Crippen molar-refractivity contribution in [2.75, 3.05) is 22.9 Å². The lowest BCUT2D eigenvalue weighted by atomic mass is 10.0. The van der Waals surface area contributed by atoms with Gasteiger partial charge >= 0.3 is 0 Å². The Hall–Kier alpha value is -3.15. The number of fused-ring (bicyclic) bond motifs is 1. The van der Waals surface area contributed by atoms with Gasteiger partial charge in [-0.25, -0.2) is 4.98 Å². The first-order valence-corrected chi connectivity index (χ1v) is 8.26. The molecule has 3 aromatic rings. The van der Waals surface area contributed by atoms with Crippen molar-refractivity contribution in [3.63, 3.8) is 0 Å². The van der Waals surface area contributed by atoms with Crippen LogP contribution in [0.5, 0.6) is 0 Å². The van der Waals surface area contributed by atoms with Crippen LogP contribution in [0.1, 0.15) is 20.3 Å². The van der Waals surface area contributed by atoms with Crippen LogP contribution in [0.15, 0.2) is 42.5 Å². The molecule has 0 fully saturated rings. The van der Waals surface area contributed by atoms with E-state index in [1.165, 1.54) is 6.92 Å². The maximum atomic E-state index is 11.1. The van der Waals surface area contributed by atoms with Crippen LogP contribution >= 0.6 is 0 Å². The number of nitrogens with one attached hydrogen (secondary N) is 2. The van der Waals surface area contributed by atoms with Crippen molar-refractivity contribution < 1.29 is 4.79 Å². The molecule has 0 aliphatic carbocycles. The summed E-state index contributed by atoms with van der Waals surface area (Å²) in [5.41, 5.74) is 9.49. The summed E-state index contributed by atoms with van der Waals surface area (Å²) in [4.78, 5) is 19.8. The third kappa shape index (κ3) is 3.85. The Morgan fingerprint density at radius 3 is 2.48 bits per heavy atom. The van der Waals surface area contributed by atoms with E-state index >= 15 is 0 Å². The summed E-state index contributed by atoms with van der Waals surface area (Å²) in [5.74, 6) is 0.930. The molecule has 1 amide bonds. The monoisotopic (exact) mass is 335 g/mol. The van der Waals surface area contributed by atoms with Crippen LogP contribution in [-0.2, 0) is 4.79 Å². The molecule has 3 rings (SSSR count). The van der Waals surface area contributed by atoms with Crippen molar-refractivity contribution in [2.24, 2.45) is 0 Å². The molecule has 0 aliphatic heterocycles. The highest BCUT2D eigenvalue weighted by Gasteiger charge is 2.08. The average Bonchev–Trinajstić information content (AvgIpc) is 2.59. The zero-order valence-corrected chi connectivity index (χ0v) is 14.3. The smallest absolute Gasteiger partial charge is 0.222 e. The van der Waals surface area contributed by atoms with E-state index in [9.17, 15) is 4.79 Å². The predicted octanol–water partition coefficient (Wildman–Crippen LogP) is 3.66. The molecule has 4 N–H and O–H groups in total. The van der Waals surface area contributed by atoms with Crippen molar-refractivity contribution in [1.82, 2.24) is 9.97 Å². The Bertz CT molecular complexity index is 906. The van der Waals surface area contributed by atoms with Gasteiger partial charge in [0.25, 0.3) is 0 Å². The number of hydrogen-bond acceptors (Lipinski definition) is 5. The number of benzene rings is 2. The summed E-state index contributed by atoms with van der Waals surface area (Å²) in [7, 11) is 0. The van der Waals surface area contributed by atoms with E-state index in [0.29, 0.717) is 0 Å². The van der Waals surface area contributed by atoms with Crippen LogP contribution in [0.4, 0.5) is 17.5 Å². The maximum Gasteiger partial charge on any atom is 0.222 e. The Morgan fingerprint density at radius 2 is 1.80 bits per heavy atom. The number of carbonyl (C=O) groups excluding carboxylic acids is 1. The van der Waals surface area contributed by atoms with E-state index in [1.54, 1.807) is 0 Å². The molecule has 0 saturated heterocycles. The molecule has 1 heterocycles. The van der Waals surface area contributed by atoms with E-state index in [-0.39, 0.29) is 11.9 Å². The normalized spacial score (nSPS) is 10.6. The van der Waals surface area contributed by atoms with Gasteiger partial charge in [0.1, 0.15) is 5.82 Å². The van der Waals surface area contributed by atoms with Crippen molar-refractivity contribution in [1.29, 1.82) is 0 Å². The van der Waals surface area contributed by atoms with Crippen LogP contribution in [-0.4, -0.2) is 22.4 Å². The molecule has 128 valence electrons. The Balaban J connectivity index is 1.99. The predicted molar refractivity (Wildman–Crippen MR) is 102 cm³/mol. The number of amides is 1. The average molecular weight is 335 g/mol. The summed E-state index contributed by atoms with van der Waals surface area (Å²) < 4.78 is 0. The molecule has 0 saturated carbocycles. The number of carbonyl (C=O) groups is 1. The lowest BCUT2D eigenvalue weighted by Gasteiger charge is -2.11. The minimum Gasteiger partial charge on any atom is -0.369 e. The molecular formula is C19H21N5O. The van der Waals surface area contributed by atoms with Gasteiger partial charge in [-0.1, -0.05) is 25.1 Å². The standard InChI is InChI=1S/C19H21N5O/c1-3-10-21-18-16-11-14(6-9-17(16)23-19(20)24-18)13-4-7-15(8-5-13)22-12(2)25/h4-9,11H,3,10H2,1-2H3,(H,22,25)(H3,20,21,23,24). The Morgan fingerprint density at radius 1 is 1.08 bits per heavy atom. The molecule has 25 heavy (non-hydrogen) atoms. The van der Waals surface area contributed by atoms with Crippen molar-refractivity contribution in [3.8, 4) is 11.1 Å². The highest BCUT2D eigenvalue weighted by molar-refractivity contribution is 5.94. The second-order valence-electron chi connectivity index (χ2n) is 5.85. The van der Waals surface area contributed by atoms with Gasteiger partial charge in [-0.3, -0.25) is 4.79 Å². The van der Waals surface area contributed by atoms with E-state index in [4.69, 9.17) is 5.73 Å². The molecule has 0 radical (unpaired) electrons. The Kier molecular flexibility index (Phi) is 4.79. The first kappa shape index (κ1) is 16.7. The van der Waals surface area contributed by atoms with Gasteiger partial charge in [0.2, 0.25) is 11.9 Å². The van der Waals surface area contributed by atoms with Crippen LogP contribution in [0, 0.1) is 0 Å². The molecule has 0 atom stereocenters. The zero-order valence-electron chi connectivity index (χ0n) is 14.3. The molecule has 0 bridgehead atoms. The zero-order chi connectivity index (χ0) is 17.8. The summed E-state index contributed by atoms with van der Waals surface area (Å²) in [6.45, 7) is 4.41. The maximum absolute atomic E-state index is 11.1. The highest BCUT2D eigenvalue weighted by Crippen LogP contribution is 2.28. The van der Waals surface area contributed by atoms with Gasteiger partial charge in [-0.2, -0.15) is 4.98 Å². The van der Waals surface area contributed by atoms with E-state index in [0.717, 1.165) is 46.5 Å². The van der Waals surface area contributed by atoms with Crippen molar-refractivity contribution >= 4 is 34.3 Å². The van der Waals surface area contributed by atoms with Gasteiger partial charge < -0.3 is 16.4 Å². The number of hydrogen-bond donors (Lipinski definition) is 3. The third-order valence-corrected chi connectivity index (χ3v) is 3.79. The second kappa shape index (κ2) is 7.17. The highest BCUT2D eigenvalue weighted by atomic mass is 16.1. The summed E-state index contributed by atoms with van der Waals surface area (Å²) in [6, 6.07) is 13.7. The lowest BCUT2D eigenvalue weighted by Crippen LogP contribution is -2.06. The van der Waals surface area contributed by atoms with Gasteiger partial charge in [-0.15, -0.1) is 0 Å². The number of nitrogens with zero attached hydrogens (tertiary/aromatic N) is 2. The minimum atomic E-state index is -0.0835. The van der Waals surface area contributed by atoms with Gasteiger partial charge in [0, 0.05) is 24.5 Å². The lowest BCUT2D eigenvalue weighted by molar-refractivity contribution is -0.114. The van der Waals surface area contributed by atoms with Crippen LogP contribution in [0.25, 0.3) is 22.0 Å². The largest absolute Gasteiger partial charge is 0.369 e. The van der Waals surface area contributed by atoms with Gasteiger partial charge in [0.15, 0.2) is 0 Å². The van der Waals surface area contributed by atoms with E-state index in [1.807, 2.05) is 36.4 Å². The number of anilines is 3. The fourth-order valence-corrected chi connectivity index (χ4v) is 2.65.